The van der Waals surface area contributed by atoms with Crippen LogP contribution in [0.3, 0.4) is 0 Å². The first-order valence-corrected chi connectivity index (χ1v) is 6.57. The molecule has 0 spiro atoms. The molecule has 2 nitrogen and oxygen atoms in total. The number of rotatable bonds is 2. The summed E-state index contributed by atoms with van der Waals surface area (Å²) >= 11 is 1.38. The lowest BCUT2D eigenvalue weighted by molar-refractivity contribution is 0.455. The van der Waals surface area contributed by atoms with E-state index in [0.717, 1.165) is 26.5 Å². The molecule has 2 rings (SSSR count). The van der Waals surface area contributed by atoms with Crippen molar-refractivity contribution in [2.24, 2.45) is 0 Å². The molecule has 2 aromatic rings. The summed E-state index contributed by atoms with van der Waals surface area (Å²) in [6.45, 7) is 5.73. The van der Waals surface area contributed by atoms with E-state index < -0.39 is 0 Å². The molecule has 0 bridgehead atoms. The van der Waals surface area contributed by atoms with Crippen LogP contribution in [0.5, 0.6) is 11.5 Å². The summed E-state index contributed by atoms with van der Waals surface area (Å²) < 4.78 is 0. The van der Waals surface area contributed by atoms with Crippen LogP contribution in [0.1, 0.15) is 16.7 Å². The molecule has 0 saturated heterocycles. The minimum Gasteiger partial charge on any atom is -0.506 e. The average Bonchev–Trinajstić information content (AvgIpc) is 2.31. The molecular formula is C15H16O2S. The Hall–Kier alpha value is -1.61. The van der Waals surface area contributed by atoms with Crippen molar-refractivity contribution in [3.8, 4) is 11.5 Å². The summed E-state index contributed by atoms with van der Waals surface area (Å²) in [5.74, 6) is 0.563. The fourth-order valence-electron chi connectivity index (χ4n) is 1.83. The van der Waals surface area contributed by atoms with Gasteiger partial charge >= 0.3 is 0 Å². The predicted molar refractivity (Wildman–Crippen MR) is 74.5 cm³/mol. The molecule has 0 aromatic heterocycles. The van der Waals surface area contributed by atoms with E-state index in [1.165, 1.54) is 11.8 Å². The summed E-state index contributed by atoms with van der Waals surface area (Å²) in [7, 11) is 0. The maximum Gasteiger partial charge on any atom is 0.132 e. The zero-order chi connectivity index (χ0) is 13.3. The lowest BCUT2D eigenvalue weighted by Gasteiger charge is -2.10. The molecule has 2 aromatic carbocycles. The predicted octanol–water partition coefficient (Wildman–Crippen LogP) is 4.17. The maximum absolute atomic E-state index is 10.0. The van der Waals surface area contributed by atoms with Crippen molar-refractivity contribution < 1.29 is 10.2 Å². The third-order valence-corrected chi connectivity index (χ3v) is 3.91. The number of hydrogen-bond donors (Lipinski definition) is 2. The Bertz CT molecular complexity index is 591. The van der Waals surface area contributed by atoms with Crippen LogP contribution in [0.15, 0.2) is 40.1 Å². The van der Waals surface area contributed by atoms with E-state index in [9.17, 15) is 10.2 Å². The summed E-state index contributed by atoms with van der Waals surface area (Å²) in [4.78, 5) is 1.53. The Labute approximate surface area is 111 Å². The smallest absolute Gasteiger partial charge is 0.132 e. The van der Waals surface area contributed by atoms with Gasteiger partial charge in [0.15, 0.2) is 0 Å². The fraction of sp³-hybridized carbons (Fsp3) is 0.200. The molecule has 0 atom stereocenters. The second-order valence-corrected chi connectivity index (χ2v) is 5.54. The molecule has 0 unspecified atom stereocenters. The summed E-state index contributed by atoms with van der Waals surface area (Å²) in [5, 5.41) is 20.0. The summed E-state index contributed by atoms with van der Waals surface area (Å²) in [5.41, 5.74) is 2.79. The van der Waals surface area contributed by atoms with Gasteiger partial charge in [0.25, 0.3) is 0 Å². The third kappa shape index (κ3) is 2.46. The van der Waals surface area contributed by atoms with E-state index in [4.69, 9.17) is 0 Å². The average molecular weight is 260 g/mol. The molecule has 0 radical (unpaired) electrons. The van der Waals surface area contributed by atoms with Gasteiger partial charge in [0, 0.05) is 0 Å². The number of benzene rings is 2. The topological polar surface area (TPSA) is 40.5 Å². The molecule has 0 aliphatic heterocycles. The van der Waals surface area contributed by atoms with Gasteiger partial charge in [-0.3, -0.25) is 0 Å². The monoisotopic (exact) mass is 260 g/mol. The van der Waals surface area contributed by atoms with Gasteiger partial charge in [-0.2, -0.15) is 0 Å². The Morgan fingerprint density at radius 2 is 1.50 bits per heavy atom. The van der Waals surface area contributed by atoms with Gasteiger partial charge in [0.2, 0.25) is 0 Å². The molecule has 0 aliphatic rings. The SMILES string of the molecule is Cc1cc(C)c(O)c(Sc2cccc(C)c2O)c1. The first-order chi connectivity index (χ1) is 8.49. The van der Waals surface area contributed by atoms with Gasteiger partial charge in [0.1, 0.15) is 11.5 Å². The van der Waals surface area contributed by atoms with Crippen molar-refractivity contribution in [3.63, 3.8) is 0 Å². The largest absolute Gasteiger partial charge is 0.506 e. The second kappa shape index (κ2) is 4.94. The van der Waals surface area contributed by atoms with Crippen molar-refractivity contribution in [2.75, 3.05) is 0 Å². The lowest BCUT2D eigenvalue weighted by Crippen LogP contribution is -1.84. The van der Waals surface area contributed by atoms with Crippen LogP contribution in [-0.2, 0) is 0 Å². The minimum absolute atomic E-state index is 0.279. The van der Waals surface area contributed by atoms with E-state index in [-0.39, 0.29) is 11.5 Å². The zero-order valence-corrected chi connectivity index (χ0v) is 11.5. The van der Waals surface area contributed by atoms with Gasteiger partial charge in [-0.1, -0.05) is 30.0 Å². The van der Waals surface area contributed by atoms with E-state index in [1.54, 1.807) is 0 Å². The molecule has 3 heteroatoms. The van der Waals surface area contributed by atoms with Gasteiger partial charge < -0.3 is 10.2 Å². The Kier molecular flexibility index (Phi) is 3.53. The highest BCUT2D eigenvalue weighted by Gasteiger charge is 2.11. The standard InChI is InChI=1S/C15H16O2S/c1-9-7-11(3)15(17)13(8-9)18-12-6-4-5-10(2)14(12)16/h4-8,16-17H,1-3H3. The van der Waals surface area contributed by atoms with E-state index in [1.807, 2.05) is 51.1 Å². The Morgan fingerprint density at radius 1 is 0.833 bits per heavy atom. The number of phenolic OH excluding ortho intramolecular Hbond substituents is 2. The van der Waals surface area contributed by atoms with Gasteiger partial charge in [0.05, 0.1) is 9.79 Å². The van der Waals surface area contributed by atoms with Gasteiger partial charge in [-0.25, -0.2) is 0 Å². The van der Waals surface area contributed by atoms with Crippen molar-refractivity contribution in [1.29, 1.82) is 0 Å². The van der Waals surface area contributed by atoms with E-state index in [0.29, 0.717) is 0 Å². The first kappa shape index (κ1) is 12.8. The van der Waals surface area contributed by atoms with Crippen molar-refractivity contribution >= 4 is 11.8 Å². The molecule has 0 fully saturated rings. The zero-order valence-electron chi connectivity index (χ0n) is 10.7. The fourth-order valence-corrected chi connectivity index (χ4v) is 2.98. The maximum atomic E-state index is 10.0. The first-order valence-electron chi connectivity index (χ1n) is 5.75. The highest BCUT2D eigenvalue weighted by atomic mass is 32.2. The van der Waals surface area contributed by atoms with Crippen molar-refractivity contribution in [2.45, 2.75) is 30.6 Å². The van der Waals surface area contributed by atoms with E-state index >= 15 is 0 Å². The summed E-state index contributed by atoms with van der Waals surface area (Å²) in [6, 6.07) is 9.48. The van der Waals surface area contributed by atoms with Crippen LogP contribution in [0, 0.1) is 20.8 Å². The highest BCUT2D eigenvalue weighted by molar-refractivity contribution is 7.99. The molecule has 18 heavy (non-hydrogen) atoms. The van der Waals surface area contributed by atoms with E-state index in [2.05, 4.69) is 0 Å². The quantitative estimate of drug-likeness (QED) is 0.851. The normalized spacial score (nSPS) is 10.6. The molecule has 2 N–H and O–H groups in total. The second-order valence-electron chi connectivity index (χ2n) is 4.45. The molecule has 94 valence electrons. The summed E-state index contributed by atoms with van der Waals surface area (Å²) in [6.07, 6.45) is 0. The molecule has 0 amide bonds. The van der Waals surface area contributed by atoms with Gasteiger partial charge in [-0.05, 0) is 49.6 Å². The van der Waals surface area contributed by atoms with Crippen LogP contribution >= 0.6 is 11.8 Å². The molecule has 0 aliphatic carbocycles. The third-order valence-electron chi connectivity index (χ3n) is 2.83. The molecule has 0 heterocycles. The number of aryl methyl sites for hydroxylation is 3. The Balaban J connectivity index is 2.43. The number of aromatic hydroxyl groups is 2. The van der Waals surface area contributed by atoms with Crippen molar-refractivity contribution in [3.05, 3.63) is 47.0 Å². The highest BCUT2D eigenvalue weighted by Crippen LogP contribution is 2.41. The minimum atomic E-state index is 0.279. The van der Waals surface area contributed by atoms with Crippen LogP contribution in [0.2, 0.25) is 0 Å². The number of hydrogen-bond acceptors (Lipinski definition) is 3. The number of para-hydroxylation sites is 1. The molecular weight excluding hydrogens is 244 g/mol. The van der Waals surface area contributed by atoms with Crippen LogP contribution in [0.4, 0.5) is 0 Å². The van der Waals surface area contributed by atoms with Crippen LogP contribution < -0.4 is 0 Å². The van der Waals surface area contributed by atoms with Crippen LogP contribution in [0.25, 0.3) is 0 Å². The van der Waals surface area contributed by atoms with Gasteiger partial charge in [-0.15, -0.1) is 0 Å². The van der Waals surface area contributed by atoms with Crippen LogP contribution in [-0.4, -0.2) is 10.2 Å². The lowest BCUT2D eigenvalue weighted by atomic mass is 10.1. The number of phenols is 2. The van der Waals surface area contributed by atoms with Crippen molar-refractivity contribution in [1.82, 2.24) is 0 Å². The molecule has 0 saturated carbocycles. The Morgan fingerprint density at radius 3 is 2.22 bits per heavy atom.